The minimum absolute atomic E-state index is 0.109. The number of aromatic nitrogens is 2. The highest BCUT2D eigenvalue weighted by Gasteiger charge is 2.04. The Morgan fingerprint density at radius 1 is 1.44 bits per heavy atom. The molecule has 5 nitrogen and oxygen atoms in total. The Bertz CT molecular complexity index is 493. The van der Waals surface area contributed by atoms with E-state index >= 15 is 0 Å². The number of nitrogens with zero attached hydrogens (tertiary/aromatic N) is 2. The molecule has 96 valence electrons. The summed E-state index contributed by atoms with van der Waals surface area (Å²) in [5.41, 5.74) is 0. The van der Waals surface area contributed by atoms with Gasteiger partial charge in [-0.05, 0) is 18.2 Å². The van der Waals surface area contributed by atoms with E-state index in [9.17, 15) is 4.79 Å². The Kier molecular flexibility index (Phi) is 4.49. The maximum Gasteiger partial charge on any atom is 0.308 e. The molecular formula is C12H15N3O2S. The van der Waals surface area contributed by atoms with Gasteiger partial charge < -0.3 is 10.4 Å². The number of hydrogen-bond acceptors (Lipinski definition) is 4. The summed E-state index contributed by atoms with van der Waals surface area (Å²) < 4.78 is 1.87. The number of hydrogen-bond donors (Lipinski definition) is 2. The van der Waals surface area contributed by atoms with Gasteiger partial charge in [0.05, 0.1) is 13.0 Å². The van der Waals surface area contributed by atoms with Crippen molar-refractivity contribution in [3.8, 4) is 0 Å². The fraction of sp³-hybridized carbons (Fsp3) is 0.333. The molecule has 0 bridgehead atoms. The molecule has 0 spiro atoms. The molecule has 6 heteroatoms. The van der Waals surface area contributed by atoms with Crippen LogP contribution in [0, 0.1) is 0 Å². The lowest BCUT2D eigenvalue weighted by atomic mass is 10.3. The molecule has 0 atom stereocenters. The topological polar surface area (TPSA) is 67.2 Å². The Hall–Kier alpha value is -1.66. The number of carbonyl (C=O) groups is 1. The molecule has 2 N–H and O–H groups in total. The third-order valence-electron chi connectivity index (χ3n) is 2.42. The maximum atomic E-state index is 10.6. The summed E-state index contributed by atoms with van der Waals surface area (Å²) in [5, 5.41) is 16.1. The van der Waals surface area contributed by atoms with Gasteiger partial charge in [0, 0.05) is 35.2 Å². The SMILES string of the molecule is O=C(O)Cc1ccc(CNCCn2cccn2)s1. The predicted molar refractivity (Wildman–Crippen MR) is 69.6 cm³/mol. The first-order valence-corrected chi connectivity index (χ1v) is 6.53. The van der Waals surface area contributed by atoms with Gasteiger partial charge in [-0.1, -0.05) is 0 Å². The van der Waals surface area contributed by atoms with Crippen molar-refractivity contribution in [2.45, 2.75) is 19.5 Å². The van der Waals surface area contributed by atoms with Crippen molar-refractivity contribution >= 4 is 17.3 Å². The minimum Gasteiger partial charge on any atom is -0.481 e. The van der Waals surface area contributed by atoms with Crippen LogP contribution in [0.3, 0.4) is 0 Å². The average Bonchev–Trinajstić information content (AvgIpc) is 2.95. The zero-order chi connectivity index (χ0) is 12.8. The predicted octanol–water partition coefficient (Wildman–Crippen LogP) is 1.36. The molecule has 0 aromatic carbocycles. The van der Waals surface area contributed by atoms with Gasteiger partial charge in [-0.3, -0.25) is 9.48 Å². The summed E-state index contributed by atoms with van der Waals surface area (Å²) in [6, 6.07) is 5.75. The van der Waals surface area contributed by atoms with Crippen LogP contribution >= 0.6 is 11.3 Å². The van der Waals surface area contributed by atoms with Gasteiger partial charge in [-0.2, -0.15) is 5.10 Å². The highest BCUT2D eigenvalue weighted by atomic mass is 32.1. The molecule has 0 fully saturated rings. The van der Waals surface area contributed by atoms with Crippen LogP contribution in [0.15, 0.2) is 30.6 Å². The number of aliphatic carboxylic acids is 1. The normalized spacial score (nSPS) is 10.7. The standard InChI is InChI=1S/C12H15N3O2S/c16-12(17)8-10-2-3-11(18-10)9-13-5-7-15-6-1-4-14-15/h1-4,6,13H,5,7-9H2,(H,16,17). The van der Waals surface area contributed by atoms with Gasteiger partial charge >= 0.3 is 5.97 Å². The van der Waals surface area contributed by atoms with Gasteiger partial charge in [-0.25, -0.2) is 0 Å². The molecule has 0 aliphatic heterocycles. The van der Waals surface area contributed by atoms with E-state index in [4.69, 9.17) is 5.11 Å². The zero-order valence-corrected chi connectivity index (χ0v) is 10.7. The minimum atomic E-state index is -0.782. The number of rotatable bonds is 7. The first-order valence-electron chi connectivity index (χ1n) is 5.71. The highest BCUT2D eigenvalue weighted by molar-refractivity contribution is 7.12. The van der Waals surface area contributed by atoms with Gasteiger partial charge in [-0.15, -0.1) is 11.3 Å². The van der Waals surface area contributed by atoms with Crippen LogP contribution < -0.4 is 5.32 Å². The highest BCUT2D eigenvalue weighted by Crippen LogP contribution is 2.16. The summed E-state index contributed by atoms with van der Waals surface area (Å²) in [7, 11) is 0. The second-order valence-electron chi connectivity index (χ2n) is 3.88. The van der Waals surface area contributed by atoms with E-state index in [1.807, 2.05) is 29.1 Å². The molecule has 0 saturated carbocycles. The molecule has 18 heavy (non-hydrogen) atoms. The first kappa shape index (κ1) is 12.8. The maximum absolute atomic E-state index is 10.6. The van der Waals surface area contributed by atoms with Crippen molar-refractivity contribution in [1.82, 2.24) is 15.1 Å². The molecule has 2 aromatic rings. The molecule has 0 unspecified atom stereocenters. The van der Waals surface area contributed by atoms with E-state index in [-0.39, 0.29) is 6.42 Å². The molecule has 0 aliphatic carbocycles. The van der Waals surface area contributed by atoms with E-state index in [0.29, 0.717) is 0 Å². The van der Waals surface area contributed by atoms with Gasteiger partial charge in [0.2, 0.25) is 0 Å². The Morgan fingerprint density at radius 3 is 3.00 bits per heavy atom. The third-order valence-corrected chi connectivity index (χ3v) is 3.50. The van der Waals surface area contributed by atoms with Crippen molar-refractivity contribution in [2.24, 2.45) is 0 Å². The van der Waals surface area contributed by atoms with Crippen LogP contribution in [-0.2, 0) is 24.3 Å². The number of carboxylic acids is 1. The van der Waals surface area contributed by atoms with E-state index < -0.39 is 5.97 Å². The zero-order valence-electron chi connectivity index (χ0n) is 9.87. The molecule has 2 aromatic heterocycles. The summed E-state index contributed by atoms with van der Waals surface area (Å²) in [4.78, 5) is 12.6. The van der Waals surface area contributed by atoms with Crippen LogP contribution in [0.5, 0.6) is 0 Å². The van der Waals surface area contributed by atoms with E-state index in [1.165, 1.54) is 0 Å². The lowest BCUT2D eigenvalue weighted by Crippen LogP contribution is -2.19. The second kappa shape index (κ2) is 6.32. The fourth-order valence-electron chi connectivity index (χ4n) is 1.60. The smallest absolute Gasteiger partial charge is 0.308 e. The Labute approximate surface area is 109 Å². The summed E-state index contributed by atoms with van der Waals surface area (Å²) >= 11 is 1.54. The molecule has 0 amide bonds. The Morgan fingerprint density at radius 2 is 2.28 bits per heavy atom. The van der Waals surface area contributed by atoms with E-state index in [0.717, 1.165) is 29.4 Å². The van der Waals surface area contributed by atoms with Crippen LogP contribution in [0.25, 0.3) is 0 Å². The van der Waals surface area contributed by atoms with Crippen LogP contribution in [0.2, 0.25) is 0 Å². The second-order valence-corrected chi connectivity index (χ2v) is 5.14. The van der Waals surface area contributed by atoms with E-state index in [1.54, 1.807) is 17.5 Å². The number of thiophene rings is 1. The van der Waals surface area contributed by atoms with Crippen molar-refractivity contribution in [1.29, 1.82) is 0 Å². The van der Waals surface area contributed by atoms with Crippen molar-refractivity contribution in [3.05, 3.63) is 40.3 Å². The number of nitrogens with one attached hydrogen (secondary N) is 1. The van der Waals surface area contributed by atoms with E-state index in [2.05, 4.69) is 10.4 Å². The molecular weight excluding hydrogens is 250 g/mol. The Balaban J connectivity index is 1.70. The van der Waals surface area contributed by atoms with Crippen molar-refractivity contribution in [3.63, 3.8) is 0 Å². The number of carboxylic acid groups (broad SMARTS) is 1. The van der Waals surface area contributed by atoms with Crippen molar-refractivity contribution in [2.75, 3.05) is 6.54 Å². The summed E-state index contributed by atoms with van der Waals surface area (Å²) in [6.07, 6.45) is 3.80. The van der Waals surface area contributed by atoms with Crippen LogP contribution in [0.4, 0.5) is 0 Å². The monoisotopic (exact) mass is 265 g/mol. The molecule has 2 rings (SSSR count). The van der Waals surface area contributed by atoms with Gasteiger partial charge in [0.1, 0.15) is 0 Å². The molecule has 0 radical (unpaired) electrons. The largest absolute Gasteiger partial charge is 0.481 e. The molecule has 0 aliphatic rings. The average molecular weight is 265 g/mol. The summed E-state index contributed by atoms with van der Waals surface area (Å²) in [6.45, 7) is 2.44. The lowest BCUT2D eigenvalue weighted by molar-refractivity contribution is -0.136. The quantitative estimate of drug-likeness (QED) is 0.742. The van der Waals surface area contributed by atoms with Gasteiger partial charge in [0.15, 0.2) is 0 Å². The first-order chi connectivity index (χ1) is 8.74. The van der Waals surface area contributed by atoms with Crippen LogP contribution in [-0.4, -0.2) is 27.4 Å². The fourth-order valence-corrected chi connectivity index (χ4v) is 2.58. The molecule has 2 heterocycles. The molecule has 0 saturated heterocycles. The van der Waals surface area contributed by atoms with Gasteiger partial charge in [0.25, 0.3) is 0 Å². The lowest BCUT2D eigenvalue weighted by Gasteiger charge is -2.03. The van der Waals surface area contributed by atoms with Crippen molar-refractivity contribution < 1.29 is 9.90 Å². The third kappa shape index (κ3) is 3.97. The van der Waals surface area contributed by atoms with Crippen LogP contribution in [0.1, 0.15) is 9.75 Å². The summed E-state index contributed by atoms with van der Waals surface area (Å²) in [5.74, 6) is -0.782.